The van der Waals surface area contributed by atoms with E-state index in [9.17, 15) is 13.2 Å². The van der Waals surface area contributed by atoms with Crippen LogP contribution in [-0.2, 0) is 6.18 Å². The molecule has 0 N–H and O–H groups in total. The van der Waals surface area contributed by atoms with Crippen LogP contribution in [0.1, 0.15) is 18.5 Å². The molecule has 5 rings (SSSR count). The second-order valence-corrected chi connectivity index (χ2v) is 8.62. The first-order valence-electron chi connectivity index (χ1n) is 9.54. The molecule has 2 aliphatic rings. The molecule has 11 heteroatoms. The first kappa shape index (κ1) is 19.2. The van der Waals surface area contributed by atoms with E-state index in [4.69, 9.17) is 0 Å². The monoisotopic (exact) mass is 433 g/mol. The minimum absolute atomic E-state index is 0.0986. The molecule has 0 aliphatic carbocycles. The summed E-state index contributed by atoms with van der Waals surface area (Å²) in [6.07, 6.45) is 2.41. The first-order chi connectivity index (χ1) is 14.4. The van der Waals surface area contributed by atoms with Crippen molar-refractivity contribution in [1.82, 2.24) is 25.1 Å². The van der Waals surface area contributed by atoms with E-state index in [2.05, 4.69) is 34.9 Å². The molecular formula is C19H18F3N7S. The summed E-state index contributed by atoms with van der Waals surface area (Å²) in [5.74, 6) is 0.807. The fourth-order valence-corrected chi connectivity index (χ4v) is 4.76. The van der Waals surface area contributed by atoms with E-state index < -0.39 is 11.9 Å². The number of rotatable bonds is 3. The van der Waals surface area contributed by atoms with Crippen molar-refractivity contribution in [3.05, 3.63) is 41.9 Å². The number of hydrogen-bond donors (Lipinski definition) is 0. The lowest BCUT2D eigenvalue weighted by molar-refractivity contribution is -0.141. The molecular weight excluding hydrogens is 415 g/mol. The predicted octanol–water partition coefficient (Wildman–Crippen LogP) is 3.52. The molecule has 0 aromatic carbocycles. The van der Waals surface area contributed by atoms with Crippen LogP contribution in [-0.4, -0.2) is 51.3 Å². The summed E-state index contributed by atoms with van der Waals surface area (Å²) in [4.78, 5) is 16.9. The summed E-state index contributed by atoms with van der Waals surface area (Å²) < 4.78 is 38.3. The average Bonchev–Trinajstić information content (AvgIpc) is 3.27. The zero-order valence-corrected chi connectivity index (χ0v) is 16.7. The molecule has 0 amide bonds. The Hall–Kier alpha value is -2.82. The van der Waals surface area contributed by atoms with Gasteiger partial charge < -0.3 is 9.80 Å². The van der Waals surface area contributed by atoms with Gasteiger partial charge in [-0.05, 0) is 25.0 Å². The lowest BCUT2D eigenvalue weighted by Gasteiger charge is -2.55. The quantitative estimate of drug-likeness (QED) is 0.626. The standard InChI is InChI=1S/C19H18F3N7S/c20-19(21,22)15-3-2-13(6-24-15)28-5-1-4-18(9-28)10-29(11-18)16-8-23-7-14(26-16)17-27-25-12-30-17/h2-3,6-8,12H,1,4-5,9-11H2. The minimum Gasteiger partial charge on any atom is -0.370 e. The zero-order chi connectivity index (χ0) is 20.8. The van der Waals surface area contributed by atoms with Crippen LogP contribution in [0.15, 0.2) is 36.2 Å². The molecule has 0 radical (unpaired) electrons. The molecule has 0 unspecified atom stereocenters. The molecule has 3 aromatic heterocycles. The van der Waals surface area contributed by atoms with E-state index in [0.29, 0.717) is 5.69 Å². The van der Waals surface area contributed by atoms with Crippen LogP contribution >= 0.6 is 11.3 Å². The Bertz CT molecular complexity index is 1020. The third-order valence-corrected chi connectivity index (χ3v) is 6.36. The molecule has 156 valence electrons. The highest BCUT2D eigenvalue weighted by Gasteiger charge is 2.46. The second-order valence-electron chi connectivity index (χ2n) is 7.79. The molecule has 2 aliphatic heterocycles. The number of aromatic nitrogens is 5. The van der Waals surface area contributed by atoms with Crippen molar-refractivity contribution in [1.29, 1.82) is 0 Å². The third kappa shape index (κ3) is 3.57. The summed E-state index contributed by atoms with van der Waals surface area (Å²) in [7, 11) is 0. The van der Waals surface area contributed by atoms with E-state index in [1.165, 1.54) is 23.6 Å². The van der Waals surface area contributed by atoms with Gasteiger partial charge >= 0.3 is 6.18 Å². The second kappa shape index (κ2) is 7.15. The molecule has 1 spiro atoms. The Morgan fingerprint density at radius 1 is 1.03 bits per heavy atom. The summed E-state index contributed by atoms with van der Waals surface area (Å²) in [6.45, 7) is 3.29. The van der Waals surface area contributed by atoms with Crippen LogP contribution < -0.4 is 9.80 Å². The van der Waals surface area contributed by atoms with Gasteiger partial charge in [0.1, 0.15) is 22.7 Å². The number of pyridine rings is 1. The van der Waals surface area contributed by atoms with E-state index in [1.54, 1.807) is 17.9 Å². The van der Waals surface area contributed by atoms with E-state index >= 15 is 0 Å². The van der Waals surface area contributed by atoms with Crippen LogP contribution in [0.4, 0.5) is 24.7 Å². The van der Waals surface area contributed by atoms with Crippen molar-refractivity contribution in [2.75, 3.05) is 36.0 Å². The van der Waals surface area contributed by atoms with E-state index in [0.717, 1.165) is 61.6 Å². The Morgan fingerprint density at radius 3 is 2.57 bits per heavy atom. The van der Waals surface area contributed by atoms with Crippen molar-refractivity contribution in [2.45, 2.75) is 19.0 Å². The van der Waals surface area contributed by atoms with Crippen molar-refractivity contribution in [3.63, 3.8) is 0 Å². The Kier molecular flexibility index (Phi) is 4.57. The average molecular weight is 433 g/mol. The van der Waals surface area contributed by atoms with Crippen molar-refractivity contribution < 1.29 is 13.2 Å². The number of piperidine rings is 1. The van der Waals surface area contributed by atoms with Gasteiger partial charge in [-0.2, -0.15) is 13.2 Å². The van der Waals surface area contributed by atoms with Crippen molar-refractivity contribution in [3.8, 4) is 10.7 Å². The fourth-order valence-electron chi connectivity index (χ4n) is 4.25. The Morgan fingerprint density at radius 2 is 1.87 bits per heavy atom. The highest BCUT2D eigenvalue weighted by atomic mass is 32.1. The van der Waals surface area contributed by atoms with Gasteiger partial charge in [-0.15, -0.1) is 10.2 Å². The van der Waals surface area contributed by atoms with Crippen LogP contribution in [0.5, 0.6) is 0 Å². The molecule has 0 saturated carbocycles. The Labute approximate surface area is 174 Å². The van der Waals surface area contributed by atoms with Gasteiger partial charge in [0.05, 0.1) is 24.3 Å². The molecule has 2 fully saturated rings. The molecule has 30 heavy (non-hydrogen) atoms. The summed E-state index contributed by atoms with van der Waals surface area (Å²) >= 11 is 1.42. The number of nitrogens with zero attached hydrogens (tertiary/aromatic N) is 7. The SMILES string of the molecule is FC(F)(F)c1ccc(N2CCCC3(C2)CN(c2cncc(-c4nncs4)n2)C3)cn1. The summed E-state index contributed by atoms with van der Waals surface area (Å²) in [6, 6.07) is 2.57. The van der Waals surface area contributed by atoms with Crippen molar-refractivity contribution in [2.24, 2.45) is 5.41 Å². The molecule has 3 aromatic rings. The van der Waals surface area contributed by atoms with Gasteiger partial charge in [0.2, 0.25) is 0 Å². The molecule has 5 heterocycles. The van der Waals surface area contributed by atoms with E-state index in [-0.39, 0.29) is 5.41 Å². The zero-order valence-electron chi connectivity index (χ0n) is 15.9. The van der Waals surface area contributed by atoms with Gasteiger partial charge in [-0.25, -0.2) is 9.97 Å². The number of alkyl halides is 3. The molecule has 0 bridgehead atoms. The van der Waals surface area contributed by atoms with E-state index in [1.807, 2.05) is 0 Å². The van der Waals surface area contributed by atoms with Gasteiger partial charge in [0.15, 0.2) is 5.01 Å². The summed E-state index contributed by atoms with van der Waals surface area (Å²) in [5.41, 5.74) is 2.34. The lowest BCUT2D eigenvalue weighted by Crippen LogP contribution is -2.63. The van der Waals surface area contributed by atoms with Gasteiger partial charge in [0.25, 0.3) is 0 Å². The maximum Gasteiger partial charge on any atom is 0.433 e. The number of hydrogen-bond acceptors (Lipinski definition) is 8. The highest BCUT2D eigenvalue weighted by Crippen LogP contribution is 2.42. The van der Waals surface area contributed by atoms with Gasteiger partial charge in [-0.1, -0.05) is 11.3 Å². The van der Waals surface area contributed by atoms with Crippen LogP contribution in [0.25, 0.3) is 10.7 Å². The first-order valence-corrected chi connectivity index (χ1v) is 10.4. The third-order valence-electron chi connectivity index (χ3n) is 5.64. The summed E-state index contributed by atoms with van der Waals surface area (Å²) in [5, 5.41) is 8.62. The van der Waals surface area contributed by atoms with Gasteiger partial charge in [0, 0.05) is 31.6 Å². The molecule has 7 nitrogen and oxygen atoms in total. The smallest absolute Gasteiger partial charge is 0.370 e. The number of anilines is 2. The minimum atomic E-state index is -4.42. The maximum absolute atomic E-state index is 12.8. The van der Waals surface area contributed by atoms with Crippen molar-refractivity contribution >= 4 is 22.8 Å². The topological polar surface area (TPSA) is 70.9 Å². The lowest BCUT2D eigenvalue weighted by atomic mass is 9.73. The Balaban J connectivity index is 1.27. The largest absolute Gasteiger partial charge is 0.433 e. The fraction of sp³-hybridized carbons (Fsp3) is 0.421. The van der Waals surface area contributed by atoms with Crippen LogP contribution in [0, 0.1) is 5.41 Å². The molecule has 2 saturated heterocycles. The highest BCUT2D eigenvalue weighted by molar-refractivity contribution is 7.12. The van der Waals surface area contributed by atoms with Crippen LogP contribution in [0.2, 0.25) is 0 Å². The molecule has 0 atom stereocenters. The van der Waals surface area contributed by atoms with Crippen LogP contribution in [0.3, 0.4) is 0 Å². The van der Waals surface area contributed by atoms with Gasteiger partial charge in [-0.3, -0.25) is 4.98 Å². The number of halogens is 3. The predicted molar refractivity (Wildman–Crippen MR) is 106 cm³/mol. The normalized spacial score (nSPS) is 18.5. The maximum atomic E-state index is 12.8.